The van der Waals surface area contributed by atoms with Crippen LogP contribution >= 0.6 is 0 Å². The lowest BCUT2D eigenvalue weighted by molar-refractivity contribution is 0.204. The van der Waals surface area contributed by atoms with Crippen LogP contribution in [-0.4, -0.2) is 38.8 Å². The molecule has 0 aliphatic carbocycles. The van der Waals surface area contributed by atoms with E-state index in [9.17, 15) is 0 Å². The molecule has 114 valence electrons. The maximum atomic E-state index is 5.20. The fourth-order valence-corrected chi connectivity index (χ4v) is 2.32. The van der Waals surface area contributed by atoms with Crippen LogP contribution in [0.15, 0.2) is 18.3 Å². The van der Waals surface area contributed by atoms with Crippen molar-refractivity contribution < 1.29 is 4.74 Å². The van der Waals surface area contributed by atoms with Crippen LogP contribution < -0.4 is 10.2 Å². The van der Waals surface area contributed by atoms with E-state index in [-0.39, 0.29) is 0 Å². The summed E-state index contributed by atoms with van der Waals surface area (Å²) in [7, 11) is 3.72. The Morgan fingerprint density at radius 3 is 2.55 bits per heavy atom. The van der Waals surface area contributed by atoms with Crippen molar-refractivity contribution in [3.8, 4) is 0 Å². The number of pyridine rings is 1. The number of aromatic nitrogens is 1. The molecule has 0 aliphatic rings. The number of nitrogens with one attached hydrogen (secondary N) is 1. The fourth-order valence-electron chi connectivity index (χ4n) is 2.32. The number of hydrogen-bond acceptors (Lipinski definition) is 4. The molecule has 0 radical (unpaired) electrons. The van der Waals surface area contributed by atoms with Gasteiger partial charge in [-0.15, -0.1) is 0 Å². The fraction of sp³-hybridized carbons (Fsp3) is 0.688. The lowest BCUT2D eigenvalue weighted by Gasteiger charge is -2.26. The smallest absolute Gasteiger partial charge is 0.0637 e. The van der Waals surface area contributed by atoms with Crippen molar-refractivity contribution in [1.29, 1.82) is 0 Å². The topological polar surface area (TPSA) is 37.4 Å². The van der Waals surface area contributed by atoms with Crippen molar-refractivity contribution in [1.82, 2.24) is 10.3 Å². The lowest BCUT2D eigenvalue weighted by atomic mass is 10.1. The van der Waals surface area contributed by atoms with E-state index in [0.717, 1.165) is 31.8 Å². The molecule has 1 unspecified atom stereocenters. The van der Waals surface area contributed by atoms with Crippen molar-refractivity contribution in [2.24, 2.45) is 5.92 Å². The third kappa shape index (κ3) is 5.10. The highest BCUT2D eigenvalue weighted by Crippen LogP contribution is 2.19. The SMILES string of the molecule is CCC(NC)c1ccc(N(CCOC)CC(C)C)cn1. The summed E-state index contributed by atoms with van der Waals surface area (Å²) in [4.78, 5) is 6.95. The van der Waals surface area contributed by atoms with Gasteiger partial charge in [0.1, 0.15) is 0 Å². The first-order chi connectivity index (χ1) is 9.62. The van der Waals surface area contributed by atoms with Crippen LogP contribution in [0.3, 0.4) is 0 Å². The van der Waals surface area contributed by atoms with E-state index in [1.807, 2.05) is 13.2 Å². The molecule has 0 saturated heterocycles. The molecular weight excluding hydrogens is 250 g/mol. The summed E-state index contributed by atoms with van der Waals surface area (Å²) in [6, 6.07) is 4.63. The number of hydrogen-bond donors (Lipinski definition) is 1. The molecule has 1 atom stereocenters. The van der Waals surface area contributed by atoms with E-state index in [0.29, 0.717) is 12.0 Å². The highest BCUT2D eigenvalue weighted by Gasteiger charge is 2.11. The quantitative estimate of drug-likeness (QED) is 0.754. The molecule has 1 N–H and O–H groups in total. The summed E-state index contributed by atoms with van der Waals surface area (Å²) in [5, 5.41) is 3.29. The molecule has 1 heterocycles. The van der Waals surface area contributed by atoms with E-state index in [1.54, 1.807) is 7.11 Å². The molecule has 0 saturated carbocycles. The van der Waals surface area contributed by atoms with Gasteiger partial charge in [0.25, 0.3) is 0 Å². The van der Waals surface area contributed by atoms with E-state index in [1.165, 1.54) is 5.69 Å². The summed E-state index contributed by atoms with van der Waals surface area (Å²) in [5.41, 5.74) is 2.28. The molecule has 0 fully saturated rings. The van der Waals surface area contributed by atoms with E-state index < -0.39 is 0 Å². The van der Waals surface area contributed by atoms with Gasteiger partial charge in [0.2, 0.25) is 0 Å². The summed E-state index contributed by atoms with van der Waals surface area (Å²) < 4.78 is 5.20. The Hall–Kier alpha value is -1.13. The number of ether oxygens (including phenoxy) is 1. The summed E-state index contributed by atoms with van der Waals surface area (Å²) in [6.45, 7) is 9.29. The minimum Gasteiger partial charge on any atom is -0.383 e. The summed E-state index contributed by atoms with van der Waals surface area (Å²) in [5.74, 6) is 0.618. The monoisotopic (exact) mass is 279 g/mol. The van der Waals surface area contributed by atoms with Crippen molar-refractivity contribution in [3.63, 3.8) is 0 Å². The highest BCUT2D eigenvalue weighted by molar-refractivity contribution is 5.44. The zero-order valence-corrected chi connectivity index (χ0v) is 13.5. The second kappa shape index (κ2) is 8.93. The Morgan fingerprint density at radius 1 is 1.35 bits per heavy atom. The molecule has 0 spiro atoms. The first-order valence-corrected chi connectivity index (χ1v) is 7.49. The van der Waals surface area contributed by atoms with Crippen molar-refractivity contribution in [2.75, 3.05) is 38.8 Å². The molecule has 0 aromatic carbocycles. The van der Waals surface area contributed by atoms with Crippen LogP contribution in [0, 0.1) is 5.92 Å². The molecule has 1 aromatic heterocycles. The van der Waals surface area contributed by atoms with E-state index in [4.69, 9.17) is 4.74 Å². The zero-order valence-electron chi connectivity index (χ0n) is 13.5. The second-order valence-corrected chi connectivity index (χ2v) is 5.52. The third-order valence-electron chi connectivity index (χ3n) is 3.40. The van der Waals surface area contributed by atoms with Gasteiger partial charge in [-0.25, -0.2) is 0 Å². The van der Waals surface area contributed by atoms with E-state index in [2.05, 4.69) is 48.1 Å². The lowest BCUT2D eigenvalue weighted by Crippen LogP contribution is -2.31. The van der Waals surface area contributed by atoms with Crippen molar-refractivity contribution >= 4 is 5.69 Å². The average Bonchev–Trinajstić information content (AvgIpc) is 2.45. The molecule has 4 heteroatoms. The van der Waals surface area contributed by atoms with Crippen LogP contribution in [0.2, 0.25) is 0 Å². The van der Waals surface area contributed by atoms with Gasteiger partial charge < -0.3 is 15.0 Å². The van der Waals surface area contributed by atoms with E-state index >= 15 is 0 Å². The third-order valence-corrected chi connectivity index (χ3v) is 3.40. The van der Waals surface area contributed by atoms with Gasteiger partial charge in [0.15, 0.2) is 0 Å². The van der Waals surface area contributed by atoms with Crippen LogP contribution in [0.5, 0.6) is 0 Å². The van der Waals surface area contributed by atoms with Gasteiger partial charge in [-0.3, -0.25) is 4.98 Å². The van der Waals surface area contributed by atoms with Gasteiger partial charge in [0.05, 0.1) is 24.2 Å². The number of nitrogens with zero attached hydrogens (tertiary/aromatic N) is 2. The maximum absolute atomic E-state index is 5.20. The van der Waals surface area contributed by atoms with Crippen LogP contribution in [0.25, 0.3) is 0 Å². The Balaban J connectivity index is 2.80. The average molecular weight is 279 g/mol. The largest absolute Gasteiger partial charge is 0.383 e. The predicted molar refractivity (Wildman–Crippen MR) is 85.3 cm³/mol. The number of rotatable bonds is 9. The second-order valence-electron chi connectivity index (χ2n) is 5.52. The molecular formula is C16H29N3O. The van der Waals surface area contributed by atoms with Gasteiger partial charge in [-0.1, -0.05) is 20.8 Å². The van der Waals surface area contributed by atoms with Crippen molar-refractivity contribution in [2.45, 2.75) is 33.2 Å². The van der Waals surface area contributed by atoms with Gasteiger partial charge in [0, 0.05) is 26.2 Å². The highest BCUT2D eigenvalue weighted by atomic mass is 16.5. The molecule has 1 rings (SSSR count). The Morgan fingerprint density at radius 2 is 2.10 bits per heavy atom. The van der Waals surface area contributed by atoms with Crippen LogP contribution in [0.1, 0.15) is 38.9 Å². The molecule has 1 aromatic rings. The summed E-state index contributed by atoms with van der Waals surface area (Å²) in [6.07, 6.45) is 3.02. The Labute approximate surface area is 123 Å². The summed E-state index contributed by atoms with van der Waals surface area (Å²) >= 11 is 0. The minimum absolute atomic E-state index is 0.335. The van der Waals surface area contributed by atoms with Gasteiger partial charge in [-0.05, 0) is 31.5 Å². The normalized spacial score (nSPS) is 12.7. The maximum Gasteiger partial charge on any atom is 0.0637 e. The molecule has 4 nitrogen and oxygen atoms in total. The Kier molecular flexibility index (Phi) is 7.55. The van der Waals surface area contributed by atoms with Crippen LogP contribution in [-0.2, 0) is 4.74 Å². The van der Waals surface area contributed by atoms with Gasteiger partial charge in [-0.2, -0.15) is 0 Å². The first kappa shape index (κ1) is 16.9. The standard InChI is InChI=1S/C16H29N3O/c1-6-15(17-4)16-8-7-14(11-18-16)19(9-10-20-5)12-13(2)3/h7-8,11,13,15,17H,6,9-10,12H2,1-5H3. The molecule has 0 amide bonds. The van der Waals surface area contributed by atoms with Gasteiger partial charge >= 0.3 is 0 Å². The predicted octanol–water partition coefficient (Wildman–Crippen LogP) is 2.86. The Bertz CT molecular complexity index is 360. The molecule has 20 heavy (non-hydrogen) atoms. The zero-order chi connectivity index (χ0) is 15.0. The number of anilines is 1. The molecule has 0 aliphatic heterocycles. The van der Waals surface area contributed by atoms with Crippen LogP contribution in [0.4, 0.5) is 5.69 Å². The van der Waals surface area contributed by atoms with Crippen molar-refractivity contribution in [3.05, 3.63) is 24.0 Å². The minimum atomic E-state index is 0.335. The first-order valence-electron chi connectivity index (χ1n) is 7.49. The number of methoxy groups -OCH3 is 1. The molecule has 0 bridgehead atoms.